The van der Waals surface area contributed by atoms with Crippen LogP contribution in [-0.4, -0.2) is 25.1 Å². The molecule has 0 heterocycles. The molecule has 0 aromatic rings. The third-order valence-corrected chi connectivity index (χ3v) is 6.25. The van der Waals surface area contributed by atoms with Crippen LogP contribution in [0.3, 0.4) is 0 Å². The Balaban J connectivity index is 3.17. The van der Waals surface area contributed by atoms with Crippen LogP contribution in [0, 0.1) is 0 Å². The van der Waals surface area contributed by atoms with Crippen LogP contribution in [0.2, 0.25) is 0 Å². The first-order chi connectivity index (χ1) is 2.56. The third-order valence-electron chi connectivity index (χ3n) is 0.401. The molecule has 0 radical (unpaired) electrons. The summed E-state index contributed by atoms with van der Waals surface area (Å²) in [6.45, 7) is 7.01. The Morgan fingerprint density at radius 1 is 1.33 bits per heavy atom. The molecular weight excluding hydrogens is 159 g/mol. The predicted octanol–water partition coefficient (Wildman–Crippen LogP) is 1.98. The zero-order chi connectivity index (χ0) is 5.21. The van der Waals surface area contributed by atoms with Crippen LogP contribution in [0.25, 0.3) is 0 Å². The van der Waals surface area contributed by atoms with E-state index in [-0.39, 0.29) is 0 Å². The molecule has 6 heavy (non-hydrogen) atoms. The van der Waals surface area contributed by atoms with Gasteiger partial charge < -0.3 is 0 Å². The molecule has 0 aliphatic heterocycles. The Kier molecular flexibility index (Phi) is 2.62. The molecule has 0 aliphatic rings. The van der Waals surface area contributed by atoms with Crippen molar-refractivity contribution in [3.63, 3.8) is 0 Å². The monoisotopic (exact) mass is 170 g/mol. The first kappa shape index (κ1) is 6.91. The Morgan fingerprint density at radius 2 is 1.50 bits per heavy atom. The number of hydrogen-bond donors (Lipinski definition) is 0. The summed E-state index contributed by atoms with van der Waals surface area (Å²) in [7, 11) is -0.715. The van der Waals surface area contributed by atoms with Crippen LogP contribution in [0.5, 0.6) is 0 Å². The van der Waals surface area contributed by atoms with E-state index in [9.17, 15) is 0 Å². The normalized spacial score (nSPS) is 14.7. The molecule has 0 saturated carbocycles. The van der Waals surface area contributed by atoms with E-state index < -0.39 is 7.26 Å². The second-order valence-corrected chi connectivity index (χ2v) is 9.77. The fourth-order valence-electron chi connectivity index (χ4n) is 0. The number of rotatable bonds is 1. The van der Waals surface area contributed by atoms with E-state index in [2.05, 4.69) is 35.9 Å². The fraction of sp³-hybridized carbons (Fsp3) is 1.00. The second-order valence-electron chi connectivity index (χ2n) is 2.69. The van der Waals surface area contributed by atoms with E-state index in [4.69, 9.17) is 0 Å². The molecule has 0 rings (SSSR count). The van der Waals surface area contributed by atoms with Crippen LogP contribution in [-0.2, 0) is 0 Å². The molecule has 0 nitrogen and oxygen atoms in total. The van der Waals surface area contributed by atoms with Crippen molar-refractivity contribution in [3.05, 3.63) is 0 Å². The van der Waals surface area contributed by atoms with Crippen LogP contribution in [0.4, 0.5) is 0 Å². The van der Waals surface area contributed by atoms with Gasteiger partial charge in [-0.1, -0.05) is 0 Å². The molecule has 40 valence electrons. The van der Waals surface area contributed by atoms with Gasteiger partial charge in [0, 0.05) is 0 Å². The second kappa shape index (κ2) is 2.28. The van der Waals surface area contributed by atoms with E-state index in [1.165, 1.54) is 5.07 Å². The third kappa shape index (κ3) is 4.91. The first-order valence-corrected chi connectivity index (χ1v) is 6.95. The number of alkyl halides is 1. The molecule has 0 saturated heterocycles. The molecule has 0 atom stereocenters. The van der Waals surface area contributed by atoms with Gasteiger partial charge in [0.15, 0.2) is 0 Å². The van der Waals surface area contributed by atoms with Crippen molar-refractivity contribution in [2.45, 2.75) is 0 Å². The van der Waals surface area contributed by atoms with E-state index in [1.807, 2.05) is 0 Å². The molecule has 0 bridgehead atoms. The minimum absolute atomic E-state index is 0.715. The van der Waals surface area contributed by atoms with Crippen molar-refractivity contribution in [1.82, 2.24) is 0 Å². The van der Waals surface area contributed by atoms with Gasteiger partial charge in [-0.15, -0.1) is 0 Å². The van der Waals surface area contributed by atoms with Crippen LogP contribution in [0.15, 0.2) is 0 Å². The Hall–Kier alpha value is 0.910. The Bertz CT molecular complexity index is 37.3. The van der Waals surface area contributed by atoms with Gasteiger partial charge in [0.1, 0.15) is 0 Å². The quantitative estimate of drug-likeness (QED) is 0.418. The van der Waals surface area contributed by atoms with Gasteiger partial charge in [-0.3, -0.25) is 0 Å². The topological polar surface area (TPSA) is 0 Å². The van der Waals surface area contributed by atoms with Crippen molar-refractivity contribution in [2.75, 3.05) is 25.1 Å². The zero-order valence-electron chi connectivity index (χ0n) is 4.59. The SMILES string of the molecule is C[PH](C)(C)CBr. The average Bonchev–Trinajstić information content (AvgIpc) is 1.35. The molecular formula is C4H12BrP. The molecule has 0 aromatic carbocycles. The number of halogens is 1. The predicted molar refractivity (Wildman–Crippen MR) is 39.9 cm³/mol. The number of hydrogen-bond acceptors (Lipinski definition) is 0. The zero-order valence-corrected chi connectivity index (χ0v) is 7.17. The summed E-state index contributed by atoms with van der Waals surface area (Å²) in [4.78, 5) is 0. The van der Waals surface area contributed by atoms with Gasteiger partial charge in [-0.05, 0) is 0 Å². The molecule has 0 aromatic heterocycles. The van der Waals surface area contributed by atoms with E-state index in [0.29, 0.717) is 0 Å². The molecule has 0 spiro atoms. The minimum atomic E-state index is -0.715. The van der Waals surface area contributed by atoms with Crippen LogP contribution < -0.4 is 0 Å². The van der Waals surface area contributed by atoms with E-state index >= 15 is 0 Å². The van der Waals surface area contributed by atoms with Gasteiger partial charge in [0.2, 0.25) is 0 Å². The summed E-state index contributed by atoms with van der Waals surface area (Å²) in [6, 6.07) is 0. The fourth-order valence-corrected chi connectivity index (χ4v) is 0. The summed E-state index contributed by atoms with van der Waals surface area (Å²) in [6.07, 6.45) is 0. The van der Waals surface area contributed by atoms with Crippen LogP contribution >= 0.6 is 23.2 Å². The summed E-state index contributed by atoms with van der Waals surface area (Å²) in [5, 5.41) is 1.22. The molecule has 0 amide bonds. The van der Waals surface area contributed by atoms with Crippen molar-refractivity contribution < 1.29 is 0 Å². The standard InChI is InChI=1S/C4H12BrP/c1-6(2,3)4-5/h6H,4H2,1-3H3. The Labute approximate surface area is 48.8 Å². The summed E-state index contributed by atoms with van der Waals surface area (Å²) < 4.78 is 0. The van der Waals surface area contributed by atoms with Crippen molar-refractivity contribution in [2.24, 2.45) is 0 Å². The van der Waals surface area contributed by atoms with Gasteiger partial charge in [0.05, 0.1) is 0 Å². The average molecular weight is 171 g/mol. The van der Waals surface area contributed by atoms with Gasteiger partial charge in [-0.25, -0.2) is 0 Å². The molecule has 0 aliphatic carbocycles. The molecule has 0 unspecified atom stereocenters. The summed E-state index contributed by atoms with van der Waals surface area (Å²) >= 11 is 3.43. The van der Waals surface area contributed by atoms with Gasteiger partial charge >= 0.3 is 48.3 Å². The molecule has 0 fully saturated rings. The first-order valence-electron chi connectivity index (χ1n) is 2.12. The molecule has 2 heteroatoms. The van der Waals surface area contributed by atoms with Gasteiger partial charge in [0.25, 0.3) is 0 Å². The summed E-state index contributed by atoms with van der Waals surface area (Å²) in [5.74, 6) is 0. The van der Waals surface area contributed by atoms with E-state index in [1.54, 1.807) is 0 Å². The van der Waals surface area contributed by atoms with Crippen molar-refractivity contribution in [3.8, 4) is 0 Å². The van der Waals surface area contributed by atoms with Gasteiger partial charge in [-0.2, -0.15) is 0 Å². The maximum absolute atomic E-state index is 3.43. The summed E-state index contributed by atoms with van der Waals surface area (Å²) in [5.41, 5.74) is 0. The van der Waals surface area contributed by atoms with E-state index in [0.717, 1.165) is 0 Å². The molecule has 0 N–H and O–H groups in total. The maximum atomic E-state index is 3.43. The Morgan fingerprint density at radius 3 is 1.50 bits per heavy atom. The van der Waals surface area contributed by atoms with Crippen molar-refractivity contribution in [1.29, 1.82) is 0 Å². The van der Waals surface area contributed by atoms with Crippen LogP contribution in [0.1, 0.15) is 0 Å². The van der Waals surface area contributed by atoms with Crippen molar-refractivity contribution >= 4 is 23.2 Å².